The minimum absolute atomic E-state index is 0.253. The van der Waals surface area contributed by atoms with Gasteiger partial charge in [-0.3, -0.25) is 4.79 Å². The van der Waals surface area contributed by atoms with Crippen LogP contribution in [0.3, 0.4) is 0 Å². The zero-order valence-corrected chi connectivity index (χ0v) is 7.99. The maximum atomic E-state index is 13.1. The third kappa shape index (κ3) is 2.77. The van der Waals surface area contributed by atoms with E-state index in [4.69, 9.17) is 5.11 Å². The number of carbonyl (C=O) groups is 2. The van der Waals surface area contributed by atoms with Gasteiger partial charge in [0, 0.05) is 0 Å². The summed E-state index contributed by atoms with van der Waals surface area (Å²) >= 11 is 0. The van der Waals surface area contributed by atoms with E-state index >= 15 is 0 Å². The Labute approximate surface area is 85.3 Å². The number of carbonyl (C=O) groups excluding carboxylic acids is 1. The number of hydrogen-bond donors (Lipinski definition) is 1. The van der Waals surface area contributed by atoms with Gasteiger partial charge in [-0.05, 0) is 17.7 Å². The van der Waals surface area contributed by atoms with E-state index in [1.165, 1.54) is 12.1 Å². The minimum Gasteiger partial charge on any atom is -0.481 e. The summed E-state index contributed by atoms with van der Waals surface area (Å²) in [6.07, 6.45) is -0.260. The lowest BCUT2D eigenvalue weighted by Crippen LogP contribution is -2.07. The molecular formula is C10H9FO4. The molecule has 0 unspecified atom stereocenters. The molecule has 0 amide bonds. The summed E-state index contributed by atoms with van der Waals surface area (Å²) in [5, 5.41) is 8.51. The smallest absolute Gasteiger partial charge is 0.340 e. The van der Waals surface area contributed by atoms with Crippen LogP contribution in [-0.2, 0) is 16.0 Å². The molecule has 1 aromatic carbocycles. The van der Waals surface area contributed by atoms with Crippen molar-refractivity contribution < 1.29 is 23.8 Å². The van der Waals surface area contributed by atoms with E-state index in [1.807, 2.05) is 0 Å². The van der Waals surface area contributed by atoms with Gasteiger partial charge in [-0.15, -0.1) is 0 Å². The predicted molar refractivity (Wildman–Crippen MR) is 49.1 cm³/mol. The lowest BCUT2D eigenvalue weighted by atomic mass is 10.1. The first-order chi connectivity index (χ1) is 7.04. The molecule has 5 heteroatoms. The number of benzene rings is 1. The third-order valence-corrected chi connectivity index (χ3v) is 1.79. The third-order valence-electron chi connectivity index (χ3n) is 1.79. The number of carboxylic acid groups (broad SMARTS) is 1. The van der Waals surface area contributed by atoms with Crippen LogP contribution in [0.25, 0.3) is 0 Å². The summed E-state index contributed by atoms with van der Waals surface area (Å²) in [4.78, 5) is 21.5. The summed E-state index contributed by atoms with van der Waals surface area (Å²) in [5.74, 6) is -2.59. The zero-order valence-electron chi connectivity index (χ0n) is 7.99. The van der Waals surface area contributed by atoms with Crippen molar-refractivity contribution in [2.24, 2.45) is 0 Å². The van der Waals surface area contributed by atoms with Crippen molar-refractivity contribution in [3.8, 4) is 0 Å². The molecule has 0 aromatic heterocycles. The van der Waals surface area contributed by atoms with Crippen molar-refractivity contribution in [3.05, 3.63) is 35.1 Å². The molecule has 0 aliphatic rings. The number of aliphatic carboxylic acids is 1. The van der Waals surface area contributed by atoms with Gasteiger partial charge in [-0.25, -0.2) is 9.18 Å². The lowest BCUT2D eigenvalue weighted by molar-refractivity contribution is -0.136. The van der Waals surface area contributed by atoms with Crippen LogP contribution in [0, 0.1) is 5.82 Å². The Hall–Kier alpha value is -1.91. The Bertz CT molecular complexity index is 400. The van der Waals surface area contributed by atoms with E-state index in [0.29, 0.717) is 5.56 Å². The summed E-state index contributed by atoms with van der Waals surface area (Å²) in [6, 6.07) is 3.54. The molecule has 0 radical (unpaired) electrons. The highest BCUT2D eigenvalue weighted by Crippen LogP contribution is 2.12. The predicted octanol–water partition coefficient (Wildman–Crippen LogP) is 1.24. The van der Waals surface area contributed by atoms with Gasteiger partial charge in [-0.2, -0.15) is 0 Å². The van der Waals surface area contributed by atoms with Gasteiger partial charge in [0.1, 0.15) is 5.82 Å². The Morgan fingerprint density at radius 2 is 2.13 bits per heavy atom. The van der Waals surface area contributed by atoms with Gasteiger partial charge >= 0.3 is 11.9 Å². The maximum Gasteiger partial charge on any atom is 0.340 e. The second-order valence-corrected chi connectivity index (χ2v) is 2.88. The first kappa shape index (κ1) is 11.2. The Morgan fingerprint density at radius 3 is 2.67 bits per heavy atom. The molecule has 0 spiro atoms. The molecule has 4 nitrogen and oxygen atoms in total. The van der Waals surface area contributed by atoms with Crippen LogP contribution >= 0.6 is 0 Å². The Balaban J connectivity index is 3.05. The number of halogens is 1. The molecule has 15 heavy (non-hydrogen) atoms. The van der Waals surface area contributed by atoms with Gasteiger partial charge in [0.2, 0.25) is 0 Å². The molecule has 0 atom stereocenters. The average Bonchev–Trinajstić information content (AvgIpc) is 2.19. The lowest BCUT2D eigenvalue weighted by Gasteiger charge is -2.03. The fraction of sp³-hybridized carbons (Fsp3) is 0.200. The molecular weight excluding hydrogens is 203 g/mol. The van der Waals surface area contributed by atoms with E-state index < -0.39 is 17.8 Å². The molecule has 1 N–H and O–H groups in total. The van der Waals surface area contributed by atoms with Crippen molar-refractivity contribution in [1.82, 2.24) is 0 Å². The van der Waals surface area contributed by atoms with E-state index in [-0.39, 0.29) is 12.0 Å². The summed E-state index contributed by atoms with van der Waals surface area (Å²) in [6.45, 7) is 0. The van der Waals surface area contributed by atoms with Gasteiger partial charge in [0.05, 0.1) is 19.1 Å². The number of ether oxygens (including phenoxy) is 1. The Kier molecular flexibility index (Phi) is 3.38. The molecule has 0 fully saturated rings. The number of methoxy groups -OCH3 is 1. The van der Waals surface area contributed by atoms with Crippen molar-refractivity contribution in [3.63, 3.8) is 0 Å². The van der Waals surface area contributed by atoms with Crippen LogP contribution < -0.4 is 0 Å². The number of carboxylic acids is 1. The van der Waals surface area contributed by atoms with Crippen LogP contribution in [0.15, 0.2) is 18.2 Å². The summed E-state index contributed by atoms with van der Waals surface area (Å²) < 4.78 is 17.4. The van der Waals surface area contributed by atoms with Gasteiger partial charge < -0.3 is 9.84 Å². The fourth-order valence-electron chi connectivity index (χ4n) is 1.12. The van der Waals surface area contributed by atoms with Crippen molar-refractivity contribution in [2.75, 3.05) is 7.11 Å². The minimum atomic E-state index is -1.04. The largest absolute Gasteiger partial charge is 0.481 e. The summed E-state index contributed by atoms with van der Waals surface area (Å²) in [5.41, 5.74) is 0.0977. The van der Waals surface area contributed by atoms with E-state index in [1.54, 1.807) is 0 Å². The second-order valence-electron chi connectivity index (χ2n) is 2.88. The fourth-order valence-corrected chi connectivity index (χ4v) is 1.12. The molecule has 0 heterocycles. The highest BCUT2D eigenvalue weighted by molar-refractivity contribution is 5.90. The molecule has 0 saturated carbocycles. The first-order valence-electron chi connectivity index (χ1n) is 4.13. The quantitative estimate of drug-likeness (QED) is 0.765. The Morgan fingerprint density at radius 1 is 1.47 bits per heavy atom. The van der Waals surface area contributed by atoms with Crippen molar-refractivity contribution >= 4 is 11.9 Å². The molecule has 0 bridgehead atoms. The summed E-state index contributed by atoms with van der Waals surface area (Å²) in [7, 11) is 1.13. The van der Waals surface area contributed by atoms with Gasteiger partial charge in [-0.1, -0.05) is 6.07 Å². The van der Waals surface area contributed by atoms with E-state index in [9.17, 15) is 14.0 Å². The molecule has 0 saturated heterocycles. The normalized spacial score (nSPS) is 9.73. The molecule has 0 aliphatic heterocycles. The molecule has 1 aromatic rings. The maximum absolute atomic E-state index is 13.1. The number of rotatable bonds is 3. The number of esters is 1. The first-order valence-corrected chi connectivity index (χ1v) is 4.13. The van der Waals surface area contributed by atoms with Crippen molar-refractivity contribution in [2.45, 2.75) is 6.42 Å². The molecule has 0 aliphatic carbocycles. The molecule has 1 rings (SSSR count). The van der Waals surface area contributed by atoms with Crippen LogP contribution in [0.5, 0.6) is 0 Å². The average molecular weight is 212 g/mol. The van der Waals surface area contributed by atoms with Crippen molar-refractivity contribution in [1.29, 1.82) is 0 Å². The highest BCUT2D eigenvalue weighted by Gasteiger charge is 2.13. The van der Waals surface area contributed by atoms with Gasteiger partial charge in [0.15, 0.2) is 0 Å². The van der Waals surface area contributed by atoms with Crippen LogP contribution in [-0.4, -0.2) is 24.2 Å². The number of hydrogen-bond acceptors (Lipinski definition) is 3. The van der Waals surface area contributed by atoms with E-state index in [0.717, 1.165) is 13.2 Å². The van der Waals surface area contributed by atoms with Crippen LogP contribution in [0.2, 0.25) is 0 Å². The zero-order chi connectivity index (χ0) is 11.4. The standard InChI is InChI=1S/C10H9FO4/c1-15-10(14)7-4-6(5-9(12)13)2-3-8(7)11/h2-4H,5H2,1H3,(H,12,13). The molecule has 80 valence electrons. The topological polar surface area (TPSA) is 63.6 Å². The second kappa shape index (κ2) is 4.54. The van der Waals surface area contributed by atoms with E-state index in [2.05, 4.69) is 4.74 Å². The van der Waals surface area contributed by atoms with Crippen LogP contribution in [0.1, 0.15) is 15.9 Å². The van der Waals surface area contributed by atoms with Gasteiger partial charge in [0.25, 0.3) is 0 Å². The van der Waals surface area contributed by atoms with Crippen LogP contribution in [0.4, 0.5) is 4.39 Å². The highest BCUT2D eigenvalue weighted by atomic mass is 19.1. The monoisotopic (exact) mass is 212 g/mol. The SMILES string of the molecule is COC(=O)c1cc(CC(=O)O)ccc1F.